The fourth-order valence-electron chi connectivity index (χ4n) is 2.51. The fourth-order valence-corrected chi connectivity index (χ4v) is 2.51. The third-order valence-corrected chi connectivity index (χ3v) is 3.84. The van der Waals surface area contributed by atoms with Crippen LogP contribution >= 0.6 is 0 Å². The molecule has 0 aliphatic rings. The lowest BCUT2D eigenvalue weighted by atomic mass is 10.0. The van der Waals surface area contributed by atoms with Crippen molar-refractivity contribution in [3.05, 3.63) is 72.3 Å². The van der Waals surface area contributed by atoms with Crippen molar-refractivity contribution < 1.29 is 9.13 Å². The van der Waals surface area contributed by atoms with E-state index in [1.807, 2.05) is 36.7 Å². The highest BCUT2D eigenvalue weighted by Gasteiger charge is 2.03. The first-order valence-electron chi connectivity index (χ1n) is 7.92. The molecule has 0 N–H and O–H groups in total. The van der Waals surface area contributed by atoms with Crippen LogP contribution in [0, 0.1) is 5.82 Å². The van der Waals surface area contributed by atoms with Gasteiger partial charge in [-0.1, -0.05) is 36.4 Å². The van der Waals surface area contributed by atoms with Crippen molar-refractivity contribution in [3.63, 3.8) is 0 Å². The number of methoxy groups -OCH3 is 1. The van der Waals surface area contributed by atoms with Crippen molar-refractivity contribution >= 4 is 0 Å². The molecule has 1 heterocycles. The zero-order chi connectivity index (χ0) is 16.8. The SMILES string of the molecule is COCCCc1cnc(-c2ccc(-c3ccc(F)cc3)cc2)nc1. The van der Waals surface area contributed by atoms with Crippen LogP contribution in [0.1, 0.15) is 12.0 Å². The Morgan fingerprint density at radius 2 is 1.38 bits per heavy atom. The van der Waals surface area contributed by atoms with Crippen LogP contribution < -0.4 is 0 Å². The van der Waals surface area contributed by atoms with E-state index in [9.17, 15) is 4.39 Å². The van der Waals surface area contributed by atoms with Gasteiger partial charge < -0.3 is 4.74 Å². The average molecular weight is 322 g/mol. The Kier molecular flexibility index (Phi) is 5.29. The summed E-state index contributed by atoms with van der Waals surface area (Å²) in [6, 6.07) is 14.4. The summed E-state index contributed by atoms with van der Waals surface area (Å²) in [5.74, 6) is 0.477. The van der Waals surface area contributed by atoms with Crippen LogP contribution in [0.25, 0.3) is 22.5 Å². The second-order valence-electron chi connectivity index (χ2n) is 5.60. The average Bonchev–Trinajstić information content (AvgIpc) is 2.63. The lowest BCUT2D eigenvalue weighted by Gasteiger charge is -2.05. The molecule has 3 rings (SSSR count). The normalized spacial score (nSPS) is 10.8. The van der Waals surface area contributed by atoms with Gasteiger partial charge in [-0.2, -0.15) is 0 Å². The zero-order valence-corrected chi connectivity index (χ0v) is 13.6. The Bertz CT molecular complexity index is 768. The predicted molar refractivity (Wildman–Crippen MR) is 93.1 cm³/mol. The maximum absolute atomic E-state index is 13.0. The van der Waals surface area contributed by atoms with Crippen molar-refractivity contribution in [2.45, 2.75) is 12.8 Å². The van der Waals surface area contributed by atoms with Crippen molar-refractivity contribution in [2.24, 2.45) is 0 Å². The molecule has 0 atom stereocenters. The molecule has 1 aromatic heterocycles. The van der Waals surface area contributed by atoms with E-state index in [2.05, 4.69) is 9.97 Å². The van der Waals surface area contributed by atoms with Gasteiger partial charge in [0.15, 0.2) is 5.82 Å². The van der Waals surface area contributed by atoms with Crippen LogP contribution in [-0.4, -0.2) is 23.7 Å². The lowest BCUT2D eigenvalue weighted by molar-refractivity contribution is 0.195. The highest BCUT2D eigenvalue weighted by Crippen LogP contribution is 2.23. The van der Waals surface area contributed by atoms with Gasteiger partial charge in [0.2, 0.25) is 0 Å². The van der Waals surface area contributed by atoms with Gasteiger partial charge in [0.25, 0.3) is 0 Å². The molecule has 0 unspecified atom stereocenters. The van der Waals surface area contributed by atoms with Gasteiger partial charge in [-0.15, -0.1) is 0 Å². The molecule has 0 fully saturated rings. The monoisotopic (exact) mass is 322 g/mol. The Balaban J connectivity index is 1.72. The van der Waals surface area contributed by atoms with Crippen molar-refractivity contribution in [1.29, 1.82) is 0 Å². The molecule has 3 aromatic rings. The number of nitrogens with zero attached hydrogens (tertiary/aromatic N) is 2. The molecule has 0 spiro atoms. The van der Waals surface area contributed by atoms with Gasteiger partial charge in [-0.3, -0.25) is 0 Å². The largest absolute Gasteiger partial charge is 0.385 e. The number of aromatic nitrogens is 2. The smallest absolute Gasteiger partial charge is 0.159 e. The Labute approximate surface area is 141 Å². The van der Waals surface area contributed by atoms with E-state index in [0.717, 1.165) is 41.7 Å². The first-order chi connectivity index (χ1) is 11.8. The summed E-state index contributed by atoms with van der Waals surface area (Å²) in [6.07, 6.45) is 5.61. The van der Waals surface area contributed by atoms with Gasteiger partial charge in [0.05, 0.1) is 0 Å². The number of hydrogen-bond donors (Lipinski definition) is 0. The Morgan fingerprint density at radius 3 is 1.96 bits per heavy atom. The third kappa shape index (κ3) is 4.03. The van der Waals surface area contributed by atoms with Crippen molar-refractivity contribution in [2.75, 3.05) is 13.7 Å². The van der Waals surface area contributed by atoms with E-state index >= 15 is 0 Å². The summed E-state index contributed by atoms with van der Waals surface area (Å²) in [4.78, 5) is 8.88. The third-order valence-electron chi connectivity index (χ3n) is 3.84. The van der Waals surface area contributed by atoms with E-state index in [1.54, 1.807) is 19.2 Å². The van der Waals surface area contributed by atoms with Crippen LogP contribution in [0.2, 0.25) is 0 Å². The molecule has 2 aromatic carbocycles. The first kappa shape index (κ1) is 16.3. The van der Waals surface area contributed by atoms with E-state index < -0.39 is 0 Å². The minimum absolute atomic E-state index is 0.227. The topological polar surface area (TPSA) is 35.0 Å². The summed E-state index contributed by atoms with van der Waals surface area (Å²) in [7, 11) is 1.70. The molecule has 24 heavy (non-hydrogen) atoms. The van der Waals surface area contributed by atoms with E-state index in [1.165, 1.54) is 12.1 Å². The van der Waals surface area contributed by atoms with Crippen LogP contribution in [-0.2, 0) is 11.2 Å². The van der Waals surface area contributed by atoms with Gasteiger partial charge in [0, 0.05) is 31.7 Å². The van der Waals surface area contributed by atoms with E-state index in [-0.39, 0.29) is 5.82 Å². The molecule has 0 aliphatic heterocycles. The molecule has 3 nitrogen and oxygen atoms in total. The highest BCUT2D eigenvalue weighted by atomic mass is 19.1. The molecule has 0 saturated carbocycles. The van der Waals surface area contributed by atoms with Gasteiger partial charge in [-0.05, 0) is 41.7 Å². The summed E-state index contributed by atoms with van der Waals surface area (Å²) in [5, 5.41) is 0. The van der Waals surface area contributed by atoms with Gasteiger partial charge in [-0.25, -0.2) is 14.4 Å². The lowest BCUT2D eigenvalue weighted by Crippen LogP contribution is -1.96. The minimum atomic E-state index is -0.227. The molecule has 0 bridgehead atoms. The van der Waals surface area contributed by atoms with E-state index in [4.69, 9.17) is 4.74 Å². The summed E-state index contributed by atoms with van der Waals surface area (Å²) >= 11 is 0. The minimum Gasteiger partial charge on any atom is -0.385 e. The summed E-state index contributed by atoms with van der Waals surface area (Å²) < 4.78 is 18.0. The number of benzene rings is 2. The molecule has 0 saturated heterocycles. The molecular weight excluding hydrogens is 303 g/mol. The van der Waals surface area contributed by atoms with Crippen LogP contribution in [0.15, 0.2) is 60.9 Å². The fraction of sp³-hybridized carbons (Fsp3) is 0.200. The quantitative estimate of drug-likeness (QED) is 0.626. The number of hydrogen-bond acceptors (Lipinski definition) is 3. The molecule has 4 heteroatoms. The van der Waals surface area contributed by atoms with Crippen LogP contribution in [0.3, 0.4) is 0 Å². The van der Waals surface area contributed by atoms with Crippen molar-refractivity contribution in [3.8, 4) is 22.5 Å². The Morgan fingerprint density at radius 1 is 0.833 bits per heavy atom. The maximum Gasteiger partial charge on any atom is 0.159 e. The summed E-state index contributed by atoms with van der Waals surface area (Å²) in [5.41, 5.74) is 4.09. The molecule has 122 valence electrons. The van der Waals surface area contributed by atoms with Gasteiger partial charge in [0.1, 0.15) is 5.82 Å². The molecule has 0 aliphatic carbocycles. The second kappa shape index (κ2) is 7.79. The summed E-state index contributed by atoms with van der Waals surface area (Å²) in [6.45, 7) is 0.743. The predicted octanol–water partition coefficient (Wildman–Crippen LogP) is 4.53. The highest BCUT2D eigenvalue weighted by molar-refractivity contribution is 5.67. The number of rotatable bonds is 6. The van der Waals surface area contributed by atoms with E-state index in [0.29, 0.717) is 5.82 Å². The van der Waals surface area contributed by atoms with Crippen LogP contribution in [0.4, 0.5) is 4.39 Å². The standard InChI is InChI=1S/C20H19FN2O/c1-24-12-2-3-15-13-22-20(23-14-15)18-6-4-16(5-7-18)17-8-10-19(21)11-9-17/h4-11,13-14H,2-3,12H2,1H3. The Hall–Kier alpha value is -2.59. The number of aryl methyl sites for hydroxylation is 1. The second-order valence-corrected chi connectivity index (χ2v) is 5.60. The zero-order valence-electron chi connectivity index (χ0n) is 13.6. The maximum atomic E-state index is 13.0. The van der Waals surface area contributed by atoms with Crippen LogP contribution in [0.5, 0.6) is 0 Å². The molecule has 0 radical (unpaired) electrons. The van der Waals surface area contributed by atoms with Gasteiger partial charge >= 0.3 is 0 Å². The van der Waals surface area contributed by atoms with Crippen molar-refractivity contribution in [1.82, 2.24) is 9.97 Å². The molecular formula is C20H19FN2O. The first-order valence-corrected chi connectivity index (χ1v) is 7.92. The number of halogens is 1. The molecule has 0 amide bonds. The number of ether oxygens (including phenoxy) is 1.